The largest absolute Gasteiger partial charge is 0.469 e. The van der Waals surface area contributed by atoms with Crippen LogP contribution < -0.4 is 0 Å². The molecule has 21 heavy (non-hydrogen) atoms. The Balaban J connectivity index is 1.80. The van der Waals surface area contributed by atoms with Gasteiger partial charge in [-0.1, -0.05) is 0 Å². The summed E-state index contributed by atoms with van der Waals surface area (Å²) < 4.78 is 6.62. The molecule has 1 aliphatic heterocycles. The predicted molar refractivity (Wildman–Crippen MR) is 77.6 cm³/mol. The Bertz CT molecular complexity index is 516. The molecule has 0 atom stereocenters. The van der Waals surface area contributed by atoms with Gasteiger partial charge in [0.05, 0.1) is 18.7 Å². The Morgan fingerprint density at radius 2 is 2.00 bits per heavy atom. The maximum absolute atomic E-state index is 12.2. The van der Waals surface area contributed by atoms with Crippen LogP contribution in [-0.4, -0.2) is 46.8 Å². The molecule has 2 rings (SSSR count). The van der Waals surface area contributed by atoms with Gasteiger partial charge in [0.15, 0.2) is 0 Å². The van der Waals surface area contributed by atoms with Crippen LogP contribution in [-0.2, 0) is 20.9 Å². The van der Waals surface area contributed by atoms with Gasteiger partial charge in [-0.3, -0.25) is 14.3 Å². The van der Waals surface area contributed by atoms with E-state index in [-0.39, 0.29) is 17.8 Å². The molecule has 1 fully saturated rings. The summed E-state index contributed by atoms with van der Waals surface area (Å²) >= 11 is 0. The highest BCUT2D eigenvalue weighted by molar-refractivity contribution is 5.77. The Labute approximate surface area is 125 Å². The molecule has 0 radical (unpaired) electrons. The van der Waals surface area contributed by atoms with Crippen LogP contribution in [0.5, 0.6) is 0 Å². The molecule has 116 valence electrons. The number of hydrogen-bond acceptors (Lipinski definition) is 4. The second-order valence-electron chi connectivity index (χ2n) is 5.58. The maximum Gasteiger partial charge on any atom is 0.308 e. The molecule has 0 unspecified atom stereocenters. The van der Waals surface area contributed by atoms with E-state index < -0.39 is 0 Å². The molecular formula is C15H23N3O3. The molecule has 1 aromatic rings. The average molecular weight is 293 g/mol. The highest BCUT2D eigenvalue weighted by atomic mass is 16.5. The van der Waals surface area contributed by atoms with E-state index in [4.69, 9.17) is 4.74 Å². The van der Waals surface area contributed by atoms with Crippen molar-refractivity contribution >= 4 is 11.9 Å². The van der Waals surface area contributed by atoms with Crippen molar-refractivity contribution in [2.45, 2.75) is 39.7 Å². The first-order valence-electron chi connectivity index (χ1n) is 7.38. The summed E-state index contributed by atoms with van der Waals surface area (Å²) in [5, 5.41) is 4.36. The smallest absolute Gasteiger partial charge is 0.308 e. The van der Waals surface area contributed by atoms with E-state index in [2.05, 4.69) is 5.10 Å². The molecule has 1 aromatic heterocycles. The lowest BCUT2D eigenvalue weighted by atomic mass is 9.97. The molecular weight excluding hydrogens is 270 g/mol. The van der Waals surface area contributed by atoms with Gasteiger partial charge in [0.2, 0.25) is 5.91 Å². The Kier molecular flexibility index (Phi) is 4.98. The summed E-state index contributed by atoms with van der Waals surface area (Å²) in [6.45, 7) is 5.82. The molecule has 0 aromatic carbocycles. The van der Waals surface area contributed by atoms with Gasteiger partial charge in [0, 0.05) is 31.7 Å². The second-order valence-corrected chi connectivity index (χ2v) is 5.58. The summed E-state index contributed by atoms with van der Waals surface area (Å²) in [5.41, 5.74) is 2.04. The third-order valence-electron chi connectivity index (χ3n) is 4.02. The quantitative estimate of drug-likeness (QED) is 0.785. The molecule has 0 aliphatic carbocycles. The van der Waals surface area contributed by atoms with Crippen molar-refractivity contribution in [2.75, 3.05) is 20.2 Å². The van der Waals surface area contributed by atoms with Crippen molar-refractivity contribution in [2.24, 2.45) is 5.92 Å². The second kappa shape index (κ2) is 6.74. The molecule has 6 nitrogen and oxygen atoms in total. The zero-order valence-corrected chi connectivity index (χ0v) is 13.0. The number of carbonyl (C=O) groups excluding carboxylic acids is 2. The summed E-state index contributed by atoms with van der Waals surface area (Å²) in [6, 6.07) is 2.01. The summed E-state index contributed by atoms with van der Waals surface area (Å²) in [7, 11) is 1.41. The number of likely N-dealkylation sites (tertiary alicyclic amines) is 1. The van der Waals surface area contributed by atoms with Crippen LogP contribution in [0.15, 0.2) is 6.07 Å². The van der Waals surface area contributed by atoms with Gasteiger partial charge in [-0.25, -0.2) is 0 Å². The number of amides is 1. The lowest BCUT2D eigenvalue weighted by Gasteiger charge is -2.30. The van der Waals surface area contributed by atoms with E-state index in [0.717, 1.165) is 11.4 Å². The van der Waals surface area contributed by atoms with Crippen LogP contribution in [0.25, 0.3) is 0 Å². The third-order valence-corrected chi connectivity index (χ3v) is 4.02. The van der Waals surface area contributed by atoms with Crippen LogP contribution in [0.3, 0.4) is 0 Å². The number of hydrogen-bond donors (Lipinski definition) is 0. The number of ether oxygens (including phenoxy) is 1. The van der Waals surface area contributed by atoms with E-state index in [0.29, 0.717) is 38.9 Å². The monoisotopic (exact) mass is 293 g/mol. The van der Waals surface area contributed by atoms with Gasteiger partial charge >= 0.3 is 5.97 Å². The first-order chi connectivity index (χ1) is 10.0. The van der Waals surface area contributed by atoms with Gasteiger partial charge < -0.3 is 9.64 Å². The standard InChI is InChI=1S/C15H23N3O3/c1-11-10-12(2)18(16-11)9-6-14(19)17-7-4-13(5-8-17)15(20)21-3/h10,13H,4-9H2,1-3H3. The molecule has 0 spiro atoms. The van der Waals surface area contributed by atoms with Crippen LogP contribution >= 0.6 is 0 Å². The van der Waals surface area contributed by atoms with Crippen molar-refractivity contribution in [3.63, 3.8) is 0 Å². The predicted octanol–water partition coefficient (Wildman–Crippen LogP) is 1.30. The van der Waals surface area contributed by atoms with Crippen molar-refractivity contribution in [3.05, 3.63) is 17.5 Å². The minimum absolute atomic E-state index is 0.0601. The van der Waals surface area contributed by atoms with Gasteiger partial charge in [0.25, 0.3) is 0 Å². The third kappa shape index (κ3) is 3.83. The summed E-state index contributed by atoms with van der Waals surface area (Å²) in [4.78, 5) is 25.5. The number of nitrogens with zero attached hydrogens (tertiary/aromatic N) is 3. The fourth-order valence-corrected chi connectivity index (χ4v) is 2.79. The van der Waals surface area contributed by atoms with Crippen molar-refractivity contribution in [1.29, 1.82) is 0 Å². The number of aromatic nitrogens is 2. The van der Waals surface area contributed by atoms with Crippen LogP contribution in [0.1, 0.15) is 30.7 Å². The van der Waals surface area contributed by atoms with Crippen LogP contribution in [0, 0.1) is 19.8 Å². The molecule has 1 aliphatic rings. The van der Waals surface area contributed by atoms with Gasteiger partial charge in [-0.15, -0.1) is 0 Å². The van der Waals surface area contributed by atoms with Crippen LogP contribution in [0.4, 0.5) is 0 Å². The highest BCUT2D eigenvalue weighted by Crippen LogP contribution is 2.19. The number of rotatable bonds is 4. The zero-order chi connectivity index (χ0) is 15.4. The SMILES string of the molecule is COC(=O)C1CCN(C(=O)CCn2nc(C)cc2C)CC1. The highest BCUT2D eigenvalue weighted by Gasteiger charge is 2.27. The number of piperidine rings is 1. The molecule has 6 heteroatoms. The number of methoxy groups -OCH3 is 1. The topological polar surface area (TPSA) is 64.4 Å². The molecule has 1 saturated heterocycles. The van der Waals surface area contributed by atoms with E-state index in [1.807, 2.05) is 29.5 Å². The molecule has 2 heterocycles. The Hall–Kier alpha value is -1.85. The fraction of sp³-hybridized carbons (Fsp3) is 0.667. The van der Waals surface area contributed by atoms with Gasteiger partial charge in [-0.05, 0) is 32.8 Å². The number of carbonyl (C=O) groups is 2. The molecule has 0 N–H and O–H groups in total. The molecule has 1 amide bonds. The van der Waals surface area contributed by atoms with Crippen LogP contribution in [0.2, 0.25) is 0 Å². The molecule has 0 bridgehead atoms. The first kappa shape index (κ1) is 15.5. The first-order valence-corrected chi connectivity index (χ1v) is 7.38. The minimum Gasteiger partial charge on any atom is -0.469 e. The van der Waals surface area contributed by atoms with Crippen molar-refractivity contribution in [1.82, 2.24) is 14.7 Å². The normalized spacial score (nSPS) is 16.0. The Morgan fingerprint density at radius 1 is 1.33 bits per heavy atom. The summed E-state index contributed by atoms with van der Waals surface area (Å²) in [5.74, 6) is -0.0920. The zero-order valence-electron chi connectivity index (χ0n) is 13.0. The van der Waals surface area contributed by atoms with Gasteiger partial charge in [0.1, 0.15) is 0 Å². The van der Waals surface area contributed by atoms with Crippen molar-refractivity contribution in [3.8, 4) is 0 Å². The van der Waals surface area contributed by atoms with E-state index >= 15 is 0 Å². The minimum atomic E-state index is -0.162. The Morgan fingerprint density at radius 3 is 2.52 bits per heavy atom. The number of aryl methyl sites for hydroxylation is 3. The number of esters is 1. The van der Waals surface area contributed by atoms with Gasteiger partial charge in [-0.2, -0.15) is 5.10 Å². The average Bonchev–Trinajstić information content (AvgIpc) is 2.82. The molecule has 0 saturated carbocycles. The van der Waals surface area contributed by atoms with Crippen molar-refractivity contribution < 1.29 is 14.3 Å². The maximum atomic E-state index is 12.2. The van der Waals surface area contributed by atoms with E-state index in [1.165, 1.54) is 7.11 Å². The fourth-order valence-electron chi connectivity index (χ4n) is 2.79. The van der Waals surface area contributed by atoms with E-state index in [1.54, 1.807) is 0 Å². The lowest BCUT2D eigenvalue weighted by molar-refractivity contribution is -0.148. The van der Waals surface area contributed by atoms with E-state index in [9.17, 15) is 9.59 Å². The summed E-state index contributed by atoms with van der Waals surface area (Å²) in [6.07, 6.45) is 1.83. The lowest BCUT2D eigenvalue weighted by Crippen LogP contribution is -2.40.